The zero-order valence-corrected chi connectivity index (χ0v) is 7.88. The zero-order valence-electron chi connectivity index (χ0n) is 7.88. The van der Waals surface area contributed by atoms with Crippen LogP contribution in [0.2, 0.25) is 0 Å². The molecule has 0 radical (unpaired) electrons. The first-order valence-corrected chi connectivity index (χ1v) is 4.31. The summed E-state index contributed by atoms with van der Waals surface area (Å²) in [5.74, 6) is 0. The van der Waals surface area contributed by atoms with Crippen LogP contribution in [0.1, 0.15) is 18.1 Å². The van der Waals surface area contributed by atoms with Gasteiger partial charge in [-0.1, -0.05) is 41.5 Å². The Kier molecular flexibility index (Phi) is 3.67. The maximum Gasteiger partial charge on any atom is 0.131 e. The second-order valence-corrected chi connectivity index (χ2v) is 2.74. The Balaban J connectivity index is 3.16. The molecule has 1 aromatic carbocycles. The molecule has 1 rings (SSSR count). The molecule has 0 aromatic heterocycles. The summed E-state index contributed by atoms with van der Waals surface area (Å²) < 4.78 is 0. The van der Waals surface area contributed by atoms with Crippen molar-refractivity contribution >= 4 is 11.9 Å². The summed E-state index contributed by atoms with van der Waals surface area (Å²) in [4.78, 5) is 0. The fourth-order valence-electron chi connectivity index (χ4n) is 1.28. The number of hydrogen-bond acceptors (Lipinski definition) is 4. The highest BCUT2D eigenvalue weighted by molar-refractivity contribution is 6.38. The van der Waals surface area contributed by atoms with Gasteiger partial charge >= 0.3 is 0 Å². The molecule has 0 amide bonds. The largest absolute Gasteiger partial charge is 0.411 e. The van der Waals surface area contributed by atoms with E-state index in [0.29, 0.717) is 0 Å². The van der Waals surface area contributed by atoms with Crippen LogP contribution < -0.4 is 0 Å². The van der Waals surface area contributed by atoms with Gasteiger partial charge in [-0.2, -0.15) is 0 Å². The monoisotopic (exact) mass is 192 g/mol. The average molecular weight is 192 g/mol. The lowest BCUT2D eigenvalue weighted by Crippen LogP contribution is -2.06. The molecule has 4 nitrogen and oxygen atoms in total. The van der Waals surface area contributed by atoms with Crippen molar-refractivity contribution in [1.29, 1.82) is 0 Å². The average Bonchev–Trinajstić information content (AvgIpc) is 2.26. The molecule has 0 aliphatic heterocycles. The smallest absolute Gasteiger partial charge is 0.131 e. The van der Waals surface area contributed by atoms with E-state index in [2.05, 4.69) is 10.3 Å². The van der Waals surface area contributed by atoms with Gasteiger partial charge in [0.15, 0.2) is 0 Å². The molecule has 74 valence electrons. The van der Waals surface area contributed by atoms with Crippen molar-refractivity contribution in [1.82, 2.24) is 0 Å². The minimum Gasteiger partial charge on any atom is -0.411 e. The predicted octanol–water partition coefficient (Wildman–Crippen LogP) is 1.89. The van der Waals surface area contributed by atoms with Crippen LogP contribution >= 0.6 is 0 Å². The molecular formula is C10H12N2O2. The van der Waals surface area contributed by atoms with Gasteiger partial charge in [0.2, 0.25) is 0 Å². The molecule has 0 spiro atoms. The molecule has 0 aliphatic carbocycles. The zero-order chi connectivity index (χ0) is 10.4. The van der Waals surface area contributed by atoms with Gasteiger partial charge in [-0.25, -0.2) is 0 Å². The molecule has 14 heavy (non-hydrogen) atoms. The second kappa shape index (κ2) is 5.01. The standard InChI is InChI=1S/C10H12N2O2/c1-2-8-5-3-4-6-9(8)10(12-14)7-11-13/h3-7,13-14H,2H2,1H3. The molecule has 0 heterocycles. The van der Waals surface area contributed by atoms with Crippen LogP contribution in [0.5, 0.6) is 0 Å². The molecule has 0 atom stereocenters. The van der Waals surface area contributed by atoms with Crippen molar-refractivity contribution in [2.45, 2.75) is 13.3 Å². The number of hydrogen-bond donors (Lipinski definition) is 2. The molecular weight excluding hydrogens is 180 g/mol. The highest BCUT2D eigenvalue weighted by Gasteiger charge is 2.05. The molecule has 0 saturated heterocycles. The van der Waals surface area contributed by atoms with E-state index in [4.69, 9.17) is 10.4 Å². The minimum atomic E-state index is 0.255. The lowest BCUT2D eigenvalue weighted by atomic mass is 10.0. The van der Waals surface area contributed by atoms with E-state index >= 15 is 0 Å². The van der Waals surface area contributed by atoms with Gasteiger partial charge in [0.1, 0.15) is 5.71 Å². The normalized spacial score (nSPS) is 12.2. The van der Waals surface area contributed by atoms with E-state index in [9.17, 15) is 0 Å². The topological polar surface area (TPSA) is 65.2 Å². The van der Waals surface area contributed by atoms with Crippen molar-refractivity contribution < 1.29 is 10.4 Å². The predicted molar refractivity (Wildman–Crippen MR) is 54.4 cm³/mol. The Bertz CT molecular complexity index is 359. The van der Waals surface area contributed by atoms with E-state index in [-0.39, 0.29) is 5.71 Å². The van der Waals surface area contributed by atoms with Crippen LogP contribution in [0.25, 0.3) is 0 Å². The quantitative estimate of drug-likeness (QED) is 0.436. The van der Waals surface area contributed by atoms with Crippen LogP contribution in [-0.4, -0.2) is 22.3 Å². The molecule has 0 aliphatic rings. The van der Waals surface area contributed by atoms with E-state index in [1.807, 2.05) is 31.2 Å². The van der Waals surface area contributed by atoms with Gasteiger partial charge in [0, 0.05) is 5.56 Å². The maximum absolute atomic E-state index is 8.72. The van der Waals surface area contributed by atoms with Crippen LogP contribution in [0.4, 0.5) is 0 Å². The lowest BCUT2D eigenvalue weighted by Gasteiger charge is -2.04. The number of rotatable bonds is 3. The number of oxime groups is 2. The minimum absolute atomic E-state index is 0.255. The Labute approximate surface area is 82.2 Å². The van der Waals surface area contributed by atoms with Crippen molar-refractivity contribution in [3.05, 3.63) is 35.4 Å². The highest BCUT2D eigenvalue weighted by Crippen LogP contribution is 2.09. The molecule has 0 saturated carbocycles. The fourth-order valence-corrected chi connectivity index (χ4v) is 1.28. The molecule has 1 aromatic rings. The first-order chi connectivity index (χ1) is 6.83. The summed E-state index contributed by atoms with van der Waals surface area (Å²) in [6.45, 7) is 2.00. The van der Waals surface area contributed by atoms with Gasteiger partial charge in [-0.15, -0.1) is 0 Å². The third-order valence-corrected chi connectivity index (χ3v) is 1.96. The number of benzene rings is 1. The first kappa shape index (κ1) is 10.2. The highest BCUT2D eigenvalue weighted by atomic mass is 16.4. The van der Waals surface area contributed by atoms with E-state index < -0.39 is 0 Å². The Hall–Kier alpha value is -1.84. The van der Waals surface area contributed by atoms with Crippen molar-refractivity contribution in [3.63, 3.8) is 0 Å². The van der Waals surface area contributed by atoms with Crippen molar-refractivity contribution in [2.24, 2.45) is 10.3 Å². The van der Waals surface area contributed by atoms with E-state index in [0.717, 1.165) is 23.8 Å². The van der Waals surface area contributed by atoms with Crippen LogP contribution in [0.3, 0.4) is 0 Å². The molecule has 0 unspecified atom stereocenters. The maximum atomic E-state index is 8.72. The summed E-state index contributed by atoms with van der Waals surface area (Å²) in [5, 5.41) is 23.0. The Morgan fingerprint density at radius 3 is 2.64 bits per heavy atom. The third kappa shape index (κ3) is 2.10. The fraction of sp³-hybridized carbons (Fsp3) is 0.200. The van der Waals surface area contributed by atoms with Crippen molar-refractivity contribution in [3.8, 4) is 0 Å². The molecule has 4 heteroatoms. The van der Waals surface area contributed by atoms with Gasteiger partial charge in [-0.05, 0) is 12.0 Å². The Morgan fingerprint density at radius 1 is 1.36 bits per heavy atom. The van der Waals surface area contributed by atoms with Gasteiger partial charge in [-0.3, -0.25) is 0 Å². The van der Waals surface area contributed by atoms with Crippen LogP contribution in [-0.2, 0) is 6.42 Å². The number of nitrogens with zero attached hydrogens (tertiary/aromatic N) is 2. The molecule has 0 fully saturated rings. The first-order valence-electron chi connectivity index (χ1n) is 4.31. The third-order valence-electron chi connectivity index (χ3n) is 1.96. The second-order valence-electron chi connectivity index (χ2n) is 2.74. The lowest BCUT2D eigenvalue weighted by molar-refractivity contribution is 0.316. The van der Waals surface area contributed by atoms with Crippen LogP contribution in [0, 0.1) is 0 Å². The van der Waals surface area contributed by atoms with Gasteiger partial charge < -0.3 is 10.4 Å². The number of aryl methyl sites for hydroxylation is 1. The summed E-state index contributed by atoms with van der Waals surface area (Å²) in [7, 11) is 0. The van der Waals surface area contributed by atoms with E-state index in [1.54, 1.807) is 0 Å². The summed E-state index contributed by atoms with van der Waals surface area (Å²) in [5.41, 5.74) is 2.07. The van der Waals surface area contributed by atoms with Gasteiger partial charge in [0.25, 0.3) is 0 Å². The summed E-state index contributed by atoms with van der Waals surface area (Å²) in [6, 6.07) is 7.50. The molecule has 2 N–H and O–H groups in total. The van der Waals surface area contributed by atoms with E-state index in [1.165, 1.54) is 0 Å². The summed E-state index contributed by atoms with van der Waals surface area (Å²) >= 11 is 0. The van der Waals surface area contributed by atoms with Crippen molar-refractivity contribution in [2.75, 3.05) is 0 Å². The van der Waals surface area contributed by atoms with Crippen LogP contribution in [0.15, 0.2) is 34.6 Å². The Morgan fingerprint density at radius 2 is 2.07 bits per heavy atom. The molecule has 0 bridgehead atoms. The van der Waals surface area contributed by atoms with Gasteiger partial charge in [0.05, 0.1) is 6.21 Å². The SMILES string of the molecule is CCc1ccccc1C(C=NO)=NO. The summed E-state index contributed by atoms with van der Waals surface area (Å²) in [6.07, 6.45) is 1.93.